The van der Waals surface area contributed by atoms with Gasteiger partial charge in [-0.1, -0.05) is 156 Å². The molecule has 0 saturated carbocycles. The number of ether oxygens (including phenoxy) is 2. The van der Waals surface area contributed by atoms with Gasteiger partial charge in [0.25, 0.3) is 0 Å². The fraction of sp³-hybridized carbons (Fsp3) is 0.696. The SMILES string of the molecule is CCCCC/C=C\C/C(=C/CCCCCCCC)Oc1cc(CO)cc(O/C(=C\CCCCCCCC)C/C=C\CCCCC)c1C(C)C. The maximum absolute atomic E-state index is 10.3. The largest absolute Gasteiger partial charge is 0.461 e. The molecule has 0 amide bonds. The lowest BCUT2D eigenvalue weighted by molar-refractivity contribution is 0.279. The van der Waals surface area contributed by atoms with Crippen molar-refractivity contribution in [2.45, 2.75) is 208 Å². The van der Waals surface area contributed by atoms with Crippen molar-refractivity contribution in [3.63, 3.8) is 0 Å². The normalized spacial score (nSPS) is 12.7. The van der Waals surface area contributed by atoms with Crippen molar-refractivity contribution in [3.8, 4) is 11.5 Å². The number of rotatable bonds is 32. The molecule has 1 aromatic carbocycles. The van der Waals surface area contributed by atoms with E-state index in [9.17, 15) is 5.11 Å². The third kappa shape index (κ3) is 23.0. The first-order valence-electron chi connectivity index (χ1n) is 20.8. The van der Waals surface area contributed by atoms with Crippen LogP contribution in [0.5, 0.6) is 11.5 Å². The van der Waals surface area contributed by atoms with Crippen molar-refractivity contribution >= 4 is 0 Å². The van der Waals surface area contributed by atoms with Gasteiger partial charge in [0, 0.05) is 18.4 Å². The minimum atomic E-state index is -0.0482. The number of aliphatic hydroxyl groups excluding tert-OH is 1. The molecule has 0 spiro atoms. The zero-order valence-electron chi connectivity index (χ0n) is 33.1. The molecule has 3 heteroatoms. The van der Waals surface area contributed by atoms with Gasteiger partial charge in [-0.15, -0.1) is 0 Å². The van der Waals surface area contributed by atoms with Gasteiger partial charge in [-0.05, 0) is 87.1 Å². The Morgan fingerprint density at radius 1 is 0.531 bits per heavy atom. The van der Waals surface area contributed by atoms with Crippen LogP contribution in [0.15, 0.2) is 60.1 Å². The van der Waals surface area contributed by atoms with Crippen LogP contribution in [0.2, 0.25) is 0 Å². The van der Waals surface area contributed by atoms with E-state index in [1.165, 1.54) is 116 Å². The van der Waals surface area contributed by atoms with Gasteiger partial charge in [-0.3, -0.25) is 0 Å². The molecule has 0 fully saturated rings. The Labute approximate surface area is 304 Å². The number of allylic oxidation sites excluding steroid dienone is 6. The molecule has 0 aliphatic carbocycles. The Balaban J connectivity index is 3.29. The Morgan fingerprint density at radius 3 is 1.29 bits per heavy atom. The molecule has 0 radical (unpaired) electrons. The fourth-order valence-corrected chi connectivity index (χ4v) is 6.13. The van der Waals surface area contributed by atoms with Gasteiger partial charge in [-0.25, -0.2) is 0 Å². The first-order chi connectivity index (χ1) is 24.0. The molecule has 0 unspecified atom stereocenters. The van der Waals surface area contributed by atoms with Gasteiger partial charge >= 0.3 is 0 Å². The minimum absolute atomic E-state index is 0.0482. The molecule has 0 aromatic heterocycles. The van der Waals surface area contributed by atoms with Gasteiger partial charge in [0.1, 0.15) is 23.0 Å². The number of benzene rings is 1. The molecule has 1 rings (SSSR count). The molecule has 0 atom stereocenters. The van der Waals surface area contributed by atoms with E-state index >= 15 is 0 Å². The highest BCUT2D eigenvalue weighted by molar-refractivity contribution is 5.51. The highest BCUT2D eigenvalue weighted by Crippen LogP contribution is 2.39. The highest BCUT2D eigenvalue weighted by Gasteiger charge is 2.19. The van der Waals surface area contributed by atoms with Gasteiger partial charge in [-0.2, -0.15) is 0 Å². The third-order valence-corrected chi connectivity index (χ3v) is 9.19. The number of hydrogen-bond donors (Lipinski definition) is 1. The summed E-state index contributed by atoms with van der Waals surface area (Å²) in [5.74, 6) is 3.83. The second-order valence-corrected chi connectivity index (χ2v) is 14.3. The summed E-state index contributed by atoms with van der Waals surface area (Å²) in [4.78, 5) is 0. The molecule has 0 aliphatic rings. The summed E-state index contributed by atoms with van der Waals surface area (Å²) >= 11 is 0. The summed E-state index contributed by atoms with van der Waals surface area (Å²) in [6, 6.07) is 4.05. The smallest absolute Gasteiger partial charge is 0.134 e. The van der Waals surface area contributed by atoms with Crippen LogP contribution >= 0.6 is 0 Å². The Hall–Kier alpha value is -2.26. The van der Waals surface area contributed by atoms with Crippen LogP contribution < -0.4 is 9.47 Å². The maximum atomic E-state index is 10.3. The van der Waals surface area contributed by atoms with Gasteiger partial charge in [0.2, 0.25) is 0 Å². The van der Waals surface area contributed by atoms with Crippen molar-refractivity contribution in [1.29, 1.82) is 0 Å². The van der Waals surface area contributed by atoms with E-state index in [0.717, 1.165) is 72.7 Å². The average molecular weight is 679 g/mol. The maximum Gasteiger partial charge on any atom is 0.134 e. The van der Waals surface area contributed by atoms with Crippen LogP contribution in [-0.4, -0.2) is 5.11 Å². The summed E-state index contributed by atoms with van der Waals surface area (Å²) in [6.45, 7) is 13.4. The Kier molecular flexibility index (Phi) is 29.0. The van der Waals surface area contributed by atoms with Gasteiger partial charge in [0.15, 0.2) is 0 Å². The fourth-order valence-electron chi connectivity index (χ4n) is 6.13. The number of unbranched alkanes of at least 4 members (excludes halogenated alkanes) is 18. The molecule has 280 valence electrons. The molecule has 0 saturated heterocycles. The predicted octanol–water partition coefficient (Wildman–Crippen LogP) is 15.4. The van der Waals surface area contributed by atoms with Crippen molar-refractivity contribution in [1.82, 2.24) is 0 Å². The topological polar surface area (TPSA) is 38.7 Å². The first-order valence-corrected chi connectivity index (χ1v) is 20.8. The van der Waals surface area contributed by atoms with Crippen LogP contribution in [0, 0.1) is 0 Å². The van der Waals surface area contributed by atoms with Crippen LogP contribution in [0.3, 0.4) is 0 Å². The van der Waals surface area contributed by atoms with E-state index in [0.29, 0.717) is 0 Å². The summed E-state index contributed by atoms with van der Waals surface area (Å²) in [7, 11) is 0. The molecule has 0 bridgehead atoms. The summed E-state index contributed by atoms with van der Waals surface area (Å²) in [5, 5.41) is 10.3. The van der Waals surface area contributed by atoms with Gasteiger partial charge in [0.05, 0.1) is 6.61 Å². The Morgan fingerprint density at radius 2 is 0.898 bits per heavy atom. The molecule has 0 aliphatic heterocycles. The van der Waals surface area contributed by atoms with E-state index in [2.05, 4.69) is 78.0 Å². The summed E-state index contributed by atoms with van der Waals surface area (Å²) in [6.07, 6.45) is 42.7. The van der Waals surface area contributed by atoms with Crippen LogP contribution in [0.25, 0.3) is 0 Å². The van der Waals surface area contributed by atoms with Gasteiger partial charge < -0.3 is 14.6 Å². The molecular formula is C46H78O3. The van der Waals surface area contributed by atoms with Crippen LogP contribution in [0.1, 0.15) is 213 Å². The van der Waals surface area contributed by atoms with Crippen molar-refractivity contribution in [2.75, 3.05) is 0 Å². The Bertz CT molecular complexity index is 969. The molecule has 1 N–H and O–H groups in total. The second kappa shape index (κ2) is 31.7. The number of hydrogen-bond acceptors (Lipinski definition) is 3. The van der Waals surface area contributed by atoms with Crippen LogP contribution in [0.4, 0.5) is 0 Å². The molecule has 0 heterocycles. The van der Waals surface area contributed by atoms with Crippen molar-refractivity contribution in [3.05, 3.63) is 71.2 Å². The standard InChI is InChI=1S/C46H78O3/c1-7-11-15-19-23-27-31-35-42(33-29-25-21-17-13-9-3)48-44-37-41(39-47)38-45(46(44)40(5)6)49-43(34-30-26-22-18-14-10-4)36-32-28-24-20-16-12-8-2/h25-26,29-30,35-38,40,47H,7-24,27-28,31-34,39H2,1-6H3/b29-25-,30-26-,42-35-,43-36-. The van der Waals surface area contributed by atoms with Crippen molar-refractivity contribution < 1.29 is 14.6 Å². The molecule has 1 aromatic rings. The quantitative estimate of drug-likeness (QED) is 0.0468. The van der Waals surface area contributed by atoms with Crippen LogP contribution in [-0.2, 0) is 6.61 Å². The zero-order chi connectivity index (χ0) is 35.8. The minimum Gasteiger partial charge on any atom is -0.461 e. The zero-order valence-corrected chi connectivity index (χ0v) is 33.1. The summed E-state index contributed by atoms with van der Waals surface area (Å²) < 4.78 is 13.6. The van der Waals surface area contributed by atoms with Crippen molar-refractivity contribution in [2.24, 2.45) is 0 Å². The van der Waals surface area contributed by atoms with E-state index < -0.39 is 0 Å². The second-order valence-electron chi connectivity index (χ2n) is 14.3. The molecular weight excluding hydrogens is 601 g/mol. The lowest BCUT2D eigenvalue weighted by Crippen LogP contribution is -2.06. The lowest BCUT2D eigenvalue weighted by Gasteiger charge is -2.21. The predicted molar refractivity (Wildman–Crippen MR) is 216 cm³/mol. The molecule has 49 heavy (non-hydrogen) atoms. The van der Waals surface area contributed by atoms with E-state index in [-0.39, 0.29) is 12.5 Å². The lowest BCUT2D eigenvalue weighted by atomic mass is 9.98. The highest BCUT2D eigenvalue weighted by atomic mass is 16.5. The number of aliphatic hydroxyl groups is 1. The van der Waals surface area contributed by atoms with E-state index in [1.807, 2.05) is 12.1 Å². The van der Waals surface area contributed by atoms with E-state index in [4.69, 9.17) is 9.47 Å². The third-order valence-electron chi connectivity index (χ3n) is 9.19. The monoisotopic (exact) mass is 679 g/mol. The van der Waals surface area contributed by atoms with E-state index in [1.54, 1.807) is 0 Å². The summed E-state index contributed by atoms with van der Waals surface area (Å²) in [5.41, 5.74) is 1.90. The average Bonchev–Trinajstić information content (AvgIpc) is 3.09. The molecule has 3 nitrogen and oxygen atoms in total. The first kappa shape index (κ1) is 44.8.